The van der Waals surface area contributed by atoms with Gasteiger partial charge in [0.25, 0.3) is 11.5 Å². The van der Waals surface area contributed by atoms with Crippen LogP contribution in [0.5, 0.6) is 0 Å². The van der Waals surface area contributed by atoms with Crippen molar-refractivity contribution in [3.05, 3.63) is 92.9 Å². The van der Waals surface area contributed by atoms with Crippen LogP contribution in [0, 0.1) is 12.8 Å². The van der Waals surface area contributed by atoms with Crippen molar-refractivity contribution >= 4 is 45.5 Å². The van der Waals surface area contributed by atoms with Crippen molar-refractivity contribution in [2.75, 3.05) is 26.2 Å². The maximum atomic E-state index is 14.1. The van der Waals surface area contributed by atoms with Crippen molar-refractivity contribution in [3.63, 3.8) is 0 Å². The fraction of sp³-hybridized carbons (Fsp3) is 0.382. The number of hydrogen-bond acceptors (Lipinski definition) is 8. The lowest BCUT2D eigenvalue weighted by Gasteiger charge is -2.43. The van der Waals surface area contributed by atoms with E-state index in [0.717, 1.165) is 21.1 Å². The summed E-state index contributed by atoms with van der Waals surface area (Å²) in [5, 5.41) is 14.9. The van der Waals surface area contributed by atoms with Gasteiger partial charge in [0, 0.05) is 51.3 Å². The minimum absolute atomic E-state index is 0.0360. The average molecular weight is 657 g/mol. The van der Waals surface area contributed by atoms with Gasteiger partial charge in [-0.25, -0.2) is 9.97 Å². The number of aryl methyl sites for hydroxylation is 2. The predicted octanol–water partition coefficient (Wildman–Crippen LogP) is 4.53. The van der Waals surface area contributed by atoms with Crippen LogP contribution < -0.4 is 5.56 Å². The van der Waals surface area contributed by atoms with E-state index in [0.29, 0.717) is 61.4 Å². The summed E-state index contributed by atoms with van der Waals surface area (Å²) in [6.07, 6.45) is 4.58. The van der Waals surface area contributed by atoms with Crippen LogP contribution in [0.3, 0.4) is 0 Å². The molecular formula is C34H36N6O4S2. The fourth-order valence-corrected chi connectivity index (χ4v) is 8.69. The van der Waals surface area contributed by atoms with E-state index in [1.54, 1.807) is 28.2 Å². The zero-order valence-corrected chi connectivity index (χ0v) is 27.5. The molecule has 10 nitrogen and oxygen atoms in total. The van der Waals surface area contributed by atoms with Gasteiger partial charge in [-0.1, -0.05) is 36.4 Å². The number of rotatable bonds is 6. The minimum atomic E-state index is -1.12. The number of amides is 2. The fourth-order valence-electron chi connectivity index (χ4n) is 6.86. The average Bonchev–Trinajstić information content (AvgIpc) is 3.83. The molecule has 238 valence electrons. The Kier molecular flexibility index (Phi) is 8.12. The highest BCUT2D eigenvalue weighted by atomic mass is 32.1. The van der Waals surface area contributed by atoms with Crippen LogP contribution in [0.25, 0.3) is 20.9 Å². The lowest BCUT2D eigenvalue weighted by Crippen LogP contribution is -2.53. The van der Waals surface area contributed by atoms with Crippen LogP contribution in [-0.4, -0.2) is 77.6 Å². The molecule has 12 heteroatoms. The molecule has 5 aromatic rings. The topological polar surface area (TPSA) is 114 Å². The summed E-state index contributed by atoms with van der Waals surface area (Å²) in [5.74, 6) is -0.416. The van der Waals surface area contributed by atoms with Crippen LogP contribution in [-0.2, 0) is 18.4 Å². The maximum Gasteiger partial charge on any atom is 0.265 e. The zero-order chi connectivity index (χ0) is 32.0. The molecule has 0 aliphatic carbocycles. The van der Waals surface area contributed by atoms with E-state index in [4.69, 9.17) is 0 Å². The third-order valence-electron chi connectivity index (χ3n) is 9.49. The van der Waals surface area contributed by atoms with Gasteiger partial charge in [0.2, 0.25) is 5.91 Å². The Morgan fingerprint density at radius 3 is 2.57 bits per heavy atom. The molecular weight excluding hydrogens is 621 g/mol. The summed E-state index contributed by atoms with van der Waals surface area (Å²) < 4.78 is 3.28. The normalized spacial score (nSPS) is 19.9. The highest BCUT2D eigenvalue weighted by molar-refractivity contribution is 7.22. The number of carbonyl (C=O) groups is 2. The summed E-state index contributed by atoms with van der Waals surface area (Å²) in [5.41, 5.74) is 1.08. The quantitative estimate of drug-likeness (QED) is 0.288. The predicted molar refractivity (Wildman–Crippen MR) is 179 cm³/mol. The Morgan fingerprint density at radius 2 is 1.83 bits per heavy atom. The second kappa shape index (κ2) is 12.2. The van der Waals surface area contributed by atoms with E-state index in [-0.39, 0.29) is 35.8 Å². The number of benzene rings is 1. The molecule has 46 heavy (non-hydrogen) atoms. The SMILES string of the molecule is Cc1nc(-c2cccs2)sc1C(=O)N1CC[C@@H](C(=O)N2CCC(O)(Cn3cnc4c(ccn4C)c3=O)CC2)[C@H](c2ccccc2)C1. The first kappa shape index (κ1) is 30.5. The summed E-state index contributed by atoms with van der Waals surface area (Å²) in [6, 6.07) is 15.7. The summed E-state index contributed by atoms with van der Waals surface area (Å²) in [6.45, 7) is 3.75. The van der Waals surface area contributed by atoms with E-state index in [1.807, 2.05) is 71.6 Å². The Morgan fingerprint density at radius 1 is 1.04 bits per heavy atom. The van der Waals surface area contributed by atoms with Gasteiger partial charge in [-0.3, -0.25) is 19.0 Å². The van der Waals surface area contributed by atoms with Crippen LogP contribution in [0.15, 0.2) is 71.2 Å². The van der Waals surface area contributed by atoms with Gasteiger partial charge in [-0.15, -0.1) is 22.7 Å². The molecule has 6 heterocycles. The Labute approximate surface area is 274 Å². The highest BCUT2D eigenvalue weighted by Crippen LogP contribution is 2.38. The molecule has 0 radical (unpaired) electrons. The molecule has 2 fully saturated rings. The van der Waals surface area contributed by atoms with E-state index in [2.05, 4.69) is 9.97 Å². The molecule has 1 aromatic carbocycles. The van der Waals surface area contributed by atoms with Crippen molar-refractivity contribution in [2.45, 2.75) is 44.2 Å². The first-order chi connectivity index (χ1) is 22.2. The Bertz CT molecular complexity index is 1940. The smallest absolute Gasteiger partial charge is 0.265 e. The Balaban J connectivity index is 1.05. The van der Waals surface area contributed by atoms with Gasteiger partial charge in [-0.05, 0) is 49.3 Å². The van der Waals surface area contributed by atoms with Crippen LogP contribution >= 0.6 is 22.7 Å². The van der Waals surface area contributed by atoms with Gasteiger partial charge in [0.1, 0.15) is 21.9 Å². The number of thiazole rings is 1. The van der Waals surface area contributed by atoms with Crippen molar-refractivity contribution < 1.29 is 14.7 Å². The molecule has 2 aliphatic heterocycles. The third kappa shape index (κ3) is 5.69. The van der Waals surface area contributed by atoms with Gasteiger partial charge in [-0.2, -0.15) is 0 Å². The van der Waals surface area contributed by atoms with Crippen molar-refractivity contribution in [1.82, 2.24) is 28.9 Å². The number of hydrogen-bond donors (Lipinski definition) is 1. The van der Waals surface area contributed by atoms with Gasteiger partial charge < -0.3 is 19.5 Å². The van der Waals surface area contributed by atoms with E-state index >= 15 is 0 Å². The largest absolute Gasteiger partial charge is 0.388 e. The second-order valence-electron chi connectivity index (χ2n) is 12.5. The first-order valence-corrected chi connectivity index (χ1v) is 17.3. The molecule has 0 unspecified atom stereocenters. The standard InChI is InChI=1S/C34H36N6O4S2/c1-22-28(46-30(36-22)27-9-6-18-45-27)33(43)39-15-11-24(26(19-39)23-7-4-3-5-8-23)31(41)38-16-12-34(44,13-17-38)20-40-21-35-29-25(32(40)42)10-14-37(29)2/h3-10,14,18,21,24,26,44H,11-13,15-17,19-20H2,1-2H3/t24-,26+/m1/s1. The molecule has 2 aliphatic rings. The third-order valence-corrected chi connectivity index (χ3v) is 11.7. The number of fused-ring (bicyclic) bond motifs is 1. The Hall–Kier alpha value is -4.13. The van der Waals surface area contributed by atoms with Crippen molar-refractivity contribution in [3.8, 4) is 9.88 Å². The second-order valence-corrected chi connectivity index (χ2v) is 14.4. The lowest BCUT2D eigenvalue weighted by atomic mass is 9.79. The molecule has 2 amide bonds. The highest BCUT2D eigenvalue weighted by Gasteiger charge is 2.42. The van der Waals surface area contributed by atoms with E-state index < -0.39 is 5.60 Å². The van der Waals surface area contributed by atoms with Gasteiger partial charge in [0.05, 0.1) is 28.1 Å². The molecule has 4 aromatic heterocycles. The number of carbonyl (C=O) groups excluding carboxylic acids is 2. The number of aromatic nitrogens is 4. The summed E-state index contributed by atoms with van der Waals surface area (Å²) in [7, 11) is 1.84. The summed E-state index contributed by atoms with van der Waals surface area (Å²) in [4.78, 5) is 55.5. The van der Waals surface area contributed by atoms with Crippen molar-refractivity contribution in [1.29, 1.82) is 0 Å². The van der Waals surface area contributed by atoms with Gasteiger partial charge >= 0.3 is 0 Å². The molecule has 0 spiro atoms. The molecule has 1 N–H and O–H groups in total. The minimum Gasteiger partial charge on any atom is -0.388 e. The first-order valence-electron chi connectivity index (χ1n) is 15.6. The van der Waals surface area contributed by atoms with Crippen LogP contribution in [0.4, 0.5) is 0 Å². The maximum absolute atomic E-state index is 14.1. The zero-order valence-electron chi connectivity index (χ0n) is 25.8. The molecule has 2 atom stereocenters. The number of likely N-dealkylation sites (tertiary alicyclic amines) is 2. The lowest BCUT2D eigenvalue weighted by molar-refractivity contribution is -0.142. The number of piperidine rings is 2. The number of aliphatic hydroxyl groups is 1. The molecule has 0 bridgehead atoms. The van der Waals surface area contributed by atoms with Gasteiger partial charge in [0.15, 0.2) is 0 Å². The monoisotopic (exact) mass is 656 g/mol. The van der Waals surface area contributed by atoms with E-state index in [9.17, 15) is 19.5 Å². The molecule has 0 saturated carbocycles. The van der Waals surface area contributed by atoms with E-state index in [1.165, 1.54) is 22.2 Å². The molecule has 7 rings (SSSR count). The van der Waals surface area contributed by atoms with Crippen LogP contribution in [0.2, 0.25) is 0 Å². The number of nitrogens with zero attached hydrogens (tertiary/aromatic N) is 6. The molecule has 2 saturated heterocycles. The van der Waals surface area contributed by atoms with Crippen LogP contribution in [0.1, 0.15) is 46.1 Å². The number of thiophene rings is 1. The van der Waals surface area contributed by atoms with Crippen molar-refractivity contribution in [2.24, 2.45) is 13.0 Å². The summed E-state index contributed by atoms with van der Waals surface area (Å²) >= 11 is 3.04.